The van der Waals surface area contributed by atoms with Crippen LogP contribution < -0.4 is 9.47 Å². The molecule has 7 heteroatoms. The molecule has 1 heterocycles. The standard InChI is InChI=1S/C24H27Cl3N2O2/c1-24(2,19-15-21(26)23(22(27)16-19)31-13-3-9-25)18-5-7-20(8-6-18)30-14-4-11-29-12-10-28-17-29/h5-8,10,12,15-17H,3-4,9,11,13-14H2,1-2H3. The molecule has 0 amide bonds. The normalized spacial score (nSPS) is 11.5. The van der Waals surface area contributed by atoms with Crippen LogP contribution in [0.4, 0.5) is 0 Å². The van der Waals surface area contributed by atoms with Crippen LogP contribution in [0.5, 0.6) is 11.5 Å². The molecule has 0 N–H and O–H groups in total. The number of hydrogen-bond acceptors (Lipinski definition) is 3. The zero-order valence-electron chi connectivity index (χ0n) is 17.8. The molecule has 0 aliphatic rings. The largest absolute Gasteiger partial charge is 0.494 e. The minimum atomic E-state index is -0.290. The zero-order valence-corrected chi connectivity index (χ0v) is 20.1. The number of aromatic nitrogens is 2. The third kappa shape index (κ3) is 6.31. The van der Waals surface area contributed by atoms with E-state index in [0.717, 1.165) is 36.3 Å². The molecule has 3 rings (SSSR count). The van der Waals surface area contributed by atoms with Crippen LogP contribution >= 0.6 is 34.8 Å². The summed E-state index contributed by atoms with van der Waals surface area (Å²) < 4.78 is 13.6. The average Bonchev–Trinajstić information content (AvgIpc) is 3.27. The fraction of sp³-hybridized carbons (Fsp3) is 0.375. The van der Waals surface area contributed by atoms with E-state index in [-0.39, 0.29) is 5.41 Å². The molecule has 0 saturated heterocycles. The van der Waals surface area contributed by atoms with E-state index in [1.165, 1.54) is 0 Å². The van der Waals surface area contributed by atoms with Crippen molar-refractivity contribution in [3.8, 4) is 11.5 Å². The number of ether oxygens (including phenoxy) is 2. The molecule has 4 nitrogen and oxygen atoms in total. The maximum Gasteiger partial charge on any atom is 0.156 e. The SMILES string of the molecule is CC(C)(c1ccc(OCCCn2ccnc2)cc1)c1cc(Cl)c(OCCCCl)c(Cl)c1. The monoisotopic (exact) mass is 480 g/mol. The third-order valence-electron chi connectivity index (χ3n) is 5.21. The first kappa shape index (κ1) is 23.8. The number of benzene rings is 2. The second kappa shape index (κ2) is 11.1. The lowest BCUT2D eigenvalue weighted by Crippen LogP contribution is -2.19. The number of hydrogen-bond donors (Lipinski definition) is 0. The zero-order chi connectivity index (χ0) is 22.3. The van der Waals surface area contributed by atoms with Gasteiger partial charge < -0.3 is 14.0 Å². The average molecular weight is 482 g/mol. The highest BCUT2D eigenvalue weighted by molar-refractivity contribution is 6.37. The fourth-order valence-corrected chi connectivity index (χ4v) is 3.98. The number of alkyl halides is 1. The van der Waals surface area contributed by atoms with Gasteiger partial charge in [0.25, 0.3) is 0 Å². The molecule has 166 valence electrons. The van der Waals surface area contributed by atoms with Crippen molar-refractivity contribution < 1.29 is 9.47 Å². The van der Waals surface area contributed by atoms with Crippen molar-refractivity contribution in [2.24, 2.45) is 0 Å². The Kier molecular flexibility index (Phi) is 8.53. The van der Waals surface area contributed by atoms with Crippen molar-refractivity contribution in [3.05, 3.63) is 76.3 Å². The van der Waals surface area contributed by atoms with Crippen molar-refractivity contribution in [2.45, 2.75) is 38.6 Å². The molecule has 1 aromatic heterocycles. The second-order valence-corrected chi connectivity index (χ2v) is 9.00. The van der Waals surface area contributed by atoms with Crippen molar-refractivity contribution in [3.63, 3.8) is 0 Å². The summed E-state index contributed by atoms with van der Waals surface area (Å²) in [4.78, 5) is 4.04. The van der Waals surface area contributed by atoms with Crippen molar-refractivity contribution in [2.75, 3.05) is 19.1 Å². The van der Waals surface area contributed by atoms with Crippen LogP contribution in [0.2, 0.25) is 10.0 Å². The molecule has 0 unspecified atom stereocenters. The van der Waals surface area contributed by atoms with E-state index in [2.05, 4.69) is 31.0 Å². The Morgan fingerprint density at radius 1 is 0.935 bits per heavy atom. The Hall–Kier alpha value is -1.88. The second-order valence-electron chi connectivity index (χ2n) is 7.81. The topological polar surface area (TPSA) is 36.3 Å². The first-order valence-electron chi connectivity index (χ1n) is 10.3. The van der Waals surface area contributed by atoms with Crippen LogP contribution in [0.15, 0.2) is 55.1 Å². The van der Waals surface area contributed by atoms with E-state index < -0.39 is 0 Å². The van der Waals surface area contributed by atoms with Crippen LogP contribution in [0, 0.1) is 0 Å². The van der Waals surface area contributed by atoms with E-state index in [1.807, 2.05) is 41.4 Å². The first-order chi connectivity index (χ1) is 14.9. The molecular formula is C24H27Cl3N2O2. The summed E-state index contributed by atoms with van der Waals surface area (Å²) >= 11 is 18.7. The van der Waals surface area contributed by atoms with E-state index in [9.17, 15) is 0 Å². The van der Waals surface area contributed by atoms with Gasteiger partial charge in [0, 0.05) is 30.2 Å². The Morgan fingerprint density at radius 2 is 1.61 bits per heavy atom. The van der Waals surface area contributed by atoms with Crippen molar-refractivity contribution in [1.82, 2.24) is 9.55 Å². The lowest BCUT2D eigenvalue weighted by atomic mass is 9.78. The summed E-state index contributed by atoms with van der Waals surface area (Å²) in [6, 6.07) is 12.0. The highest BCUT2D eigenvalue weighted by atomic mass is 35.5. The van der Waals surface area contributed by atoms with Gasteiger partial charge in [0.05, 0.1) is 29.6 Å². The van der Waals surface area contributed by atoms with Crippen molar-refractivity contribution >= 4 is 34.8 Å². The lowest BCUT2D eigenvalue weighted by molar-refractivity contribution is 0.301. The van der Waals surface area contributed by atoms with E-state index in [0.29, 0.717) is 34.9 Å². The molecule has 0 spiro atoms. The Bertz CT molecular complexity index is 934. The Balaban J connectivity index is 1.64. The smallest absolute Gasteiger partial charge is 0.156 e. The quantitative estimate of drug-likeness (QED) is 0.219. The molecule has 0 atom stereocenters. The maximum absolute atomic E-state index is 6.47. The highest BCUT2D eigenvalue weighted by Crippen LogP contribution is 2.40. The lowest BCUT2D eigenvalue weighted by Gasteiger charge is -2.27. The first-order valence-corrected chi connectivity index (χ1v) is 11.6. The predicted molar refractivity (Wildman–Crippen MR) is 128 cm³/mol. The Labute approximate surface area is 199 Å². The van der Waals surface area contributed by atoms with Gasteiger partial charge in [0.15, 0.2) is 5.75 Å². The number of nitrogens with zero attached hydrogens (tertiary/aromatic N) is 2. The molecule has 0 radical (unpaired) electrons. The van der Waals surface area contributed by atoms with Gasteiger partial charge in [-0.15, -0.1) is 11.6 Å². The maximum atomic E-state index is 6.47. The van der Waals surface area contributed by atoms with Gasteiger partial charge in [-0.25, -0.2) is 4.98 Å². The van der Waals surface area contributed by atoms with Gasteiger partial charge in [-0.05, 0) is 48.2 Å². The van der Waals surface area contributed by atoms with Crippen LogP contribution in [-0.4, -0.2) is 28.6 Å². The minimum absolute atomic E-state index is 0.290. The van der Waals surface area contributed by atoms with E-state index in [4.69, 9.17) is 44.3 Å². The van der Waals surface area contributed by atoms with Crippen LogP contribution in [0.25, 0.3) is 0 Å². The summed E-state index contributed by atoms with van der Waals surface area (Å²) in [5.74, 6) is 1.89. The van der Waals surface area contributed by atoms with Crippen LogP contribution in [0.1, 0.15) is 37.8 Å². The molecule has 3 aromatic rings. The van der Waals surface area contributed by atoms with Crippen LogP contribution in [0.3, 0.4) is 0 Å². The molecular weight excluding hydrogens is 455 g/mol. The van der Waals surface area contributed by atoms with Gasteiger partial charge in [0.2, 0.25) is 0 Å². The fourth-order valence-electron chi connectivity index (χ4n) is 3.28. The summed E-state index contributed by atoms with van der Waals surface area (Å²) in [5.41, 5.74) is 1.87. The van der Waals surface area contributed by atoms with E-state index >= 15 is 0 Å². The molecule has 0 aliphatic carbocycles. The van der Waals surface area contributed by atoms with Crippen molar-refractivity contribution in [1.29, 1.82) is 0 Å². The summed E-state index contributed by atoms with van der Waals surface area (Å²) in [7, 11) is 0. The van der Waals surface area contributed by atoms with Crippen LogP contribution in [-0.2, 0) is 12.0 Å². The van der Waals surface area contributed by atoms with Gasteiger partial charge in [-0.1, -0.05) is 49.2 Å². The molecule has 0 bridgehead atoms. The summed E-state index contributed by atoms with van der Waals surface area (Å²) in [6.07, 6.45) is 7.20. The van der Waals surface area contributed by atoms with Gasteiger partial charge in [-0.3, -0.25) is 0 Å². The molecule has 31 heavy (non-hydrogen) atoms. The number of imidazole rings is 1. The Morgan fingerprint density at radius 3 is 2.23 bits per heavy atom. The van der Waals surface area contributed by atoms with Gasteiger partial charge >= 0.3 is 0 Å². The summed E-state index contributed by atoms with van der Waals surface area (Å²) in [6.45, 7) is 6.30. The van der Waals surface area contributed by atoms with E-state index in [1.54, 1.807) is 6.20 Å². The third-order valence-corrected chi connectivity index (χ3v) is 6.04. The molecule has 2 aromatic carbocycles. The number of aryl methyl sites for hydroxylation is 1. The number of rotatable bonds is 11. The molecule has 0 saturated carbocycles. The van der Waals surface area contributed by atoms with Gasteiger partial charge in [0.1, 0.15) is 5.75 Å². The summed E-state index contributed by atoms with van der Waals surface area (Å²) in [5, 5.41) is 1.01. The van der Waals surface area contributed by atoms with Gasteiger partial charge in [-0.2, -0.15) is 0 Å². The molecule has 0 aliphatic heterocycles. The number of halogens is 3. The minimum Gasteiger partial charge on any atom is -0.494 e. The molecule has 0 fully saturated rings. The highest BCUT2D eigenvalue weighted by Gasteiger charge is 2.25. The predicted octanol–water partition coefficient (Wildman–Crippen LogP) is 6.99.